The smallest absolute Gasteiger partial charge is 0.129 e. The van der Waals surface area contributed by atoms with Crippen molar-refractivity contribution in [2.75, 3.05) is 25.1 Å². The second-order valence-electron chi connectivity index (χ2n) is 5.31. The standard InChI is InChI=1S/C16H19ClN2O/c1-19(11-13-5-4-8-20-13)16-9-12(10-17)14-6-2-3-7-15(14)18-16/h2-3,6-7,9,13H,4-5,8,10-11H2,1H3. The highest BCUT2D eigenvalue weighted by Crippen LogP contribution is 2.24. The lowest BCUT2D eigenvalue weighted by molar-refractivity contribution is 0.116. The van der Waals surface area contributed by atoms with Gasteiger partial charge in [-0.25, -0.2) is 4.98 Å². The average molecular weight is 291 g/mol. The van der Waals surface area contributed by atoms with Crippen molar-refractivity contribution in [3.8, 4) is 0 Å². The number of nitrogens with zero attached hydrogens (tertiary/aromatic N) is 2. The zero-order valence-electron chi connectivity index (χ0n) is 11.7. The number of hydrogen-bond acceptors (Lipinski definition) is 3. The van der Waals surface area contributed by atoms with E-state index in [1.807, 2.05) is 18.2 Å². The van der Waals surface area contributed by atoms with E-state index >= 15 is 0 Å². The lowest BCUT2D eigenvalue weighted by atomic mass is 10.1. The van der Waals surface area contributed by atoms with Crippen LogP contribution in [-0.4, -0.2) is 31.3 Å². The number of rotatable bonds is 4. The summed E-state index contributed by atoms with van der Waals surface area (Å²) in [4.78, 5) is 6.90. The van der Waals surface area contributed by atoms with Crippen molar-refractivity contribution in [3.05, 3.63) is 35.9 Å². The Labute approximate surface area is 124 Å². The molecule has 0 aliphatic carbocycles. The fraction of sp³-hybridized carbons (Fsp3) is 0.438. The molecule has 0 radical (unpaired) electrons. The third-order valence-corrected chi connectivity index (χ3v) is 4.11. The third kappa shape index (κ3) is 2.74. The minimum Gasteiger partial charge on any atom is -0.376 e. The Kier molecular flexibility index (Phi) is 4.08. The first-order valence-corrected chi connectivity index (χ1v) is 7.59. The lowest BCUT2D eigenvalue weighted by Gasteiger charge is -2.22. The first-order valence-electron chi connectivity index (χ1n) is 7.05. The van der Waals surface area contributed by atoms with Gasteiger partial charge in [0.15, 0.2) is 0 Å². The molecule has 4 heteroatoms. The molecule has 1 atom stereocenters. The van der Waals surface area contributed by atoms with Crippen LogP contribution in [0.25, 0.3) is 10.9 Å². The Balaban J connectivity index is 1.90. The molecule has 2 heterocycles. The summed E-state index contributed by atoms with van der Waals surface area (Å²) in [6.45, 7) is 1.77. The topological polar surface area (TPSA) is 25.4 Å². The second-order valence-corrected chi connectivity index (χ2v) is 5.57. The Bertz CT molecular complexity index is 596. The van der Waals surface area contributed by atoms with Gasteiger partial charge in [-0.05, 0) is 30.5 Å². The molecule has 1 unspecified atom stereocenters. The average Bonchev–Trinajstić information content (AvgIpc) is 2.99. The summed E-state index contributed by atoms with van der Waals surface area (Å²) >= 11 is 6.08. The summed E-state index contributed by atoms with van der Waals surface area (Å²) in [6.07, 6.45) is 2.63. The summed E-state index contributed by atoms with van der Waals surface area (Å²) in [5, 5.41) is 1.14. The van der Waals surface area contributed by atoms with Crippen molar-refractivity contribution in [2.45, 2.75) is 24.8 Å². The Morgan fingerprint density at radius 2 is 2.25 bits per heavy atom. The Morgan fingerprint density at radius 1 is 1.40 bits per heavy atom. The van der Waals surface area contributed by atoms with Crippen molar-refractivity contribution in [3.63, 3.8) is 0 Å². The molecule has 1 aliphatic rings. The van der Waals surface area contributed by atoms with Crippen LogP contribution in [0.4, 0.5) is 5.82 Å². The van der Waals surface area contributed by atoms with Gasteiger partial charge in [0.25, 0.3) is 0 Å². The predicted molar refractivity (Wildman–Crippen MR) is 83.5 cm³/mol. The number of fused-ring (bicyclic) bond motifs is 1. The molecule has 0 saturated carbocycles. The van der Waals surface area contributed by atoms with Gasteiger partial charge in [-0.2, -0.15) is 0 Å². The van der Waals surface area contributed by atoms with Crippen LogP contribution in [0.15, 0.2) is 30.3 Å². The SMILES string of the molecule is CN(CC1CCCO1)c1cc(CCl)c2ccccc2n1. The Hall–Kier alpha value is -1.32. The molecule has 1 aliphatic heterocycles. The van der Waals surface area contributed by atoms with E-state index in [9.17, 15) is 0 Å². The van der Waals surface area contributed by atoms with Crippen molar-refractivity contribution < 1.29 is 4.74 Å². The van der Waals surface area contributed by atoms with Crippen LogP contribution in [-0.2, 0) is 10.6 Å². The molecule has 0 amide bonds. The summed E-state index contributed by atoms with van der Waals surface area (Å²) in [7, 11) is 2.07. The molecule has 20 heavy (non-hydrogen) atoms. The summed E-state index contributed by atoms with van der Waals surface area (Å²) in [5.74, 6) is 1.47. The van der Waals surface area contributed by atoms with Crippen molar-refractivity contribution in [1.29, 1.82) is 0 Å². The maximum Gasteiger partial charge on any atom is 0.129 e. The van der Waals surface area contributed by atoms with Crippen molar-refractivity contribution in [2.24, 2.45) is 0 Å². The van der Waals surface area contributed by atoms with Gasteiger partial charge in [0, 0.05) is 31.5 Å². The van der Waals surface area contributed by atoms with E-state index in [1.165, 1.54) is 0 Å². The molecule has 1 saturated heterocycles. The quantitative estimate of drug-likeness (QED) is 0.805. The van der Waals surface area contributed by atoms with Crippen LogP contribution in [0.5, 0.6) is 0 Å². The van der Waals surface area contributed by atoms with E-state index in [0.717, 1.165) is 48.3 Å². The largest absolute Gasteiger partial charge is 0.376 e. The zero-order valence-corrected chi connectivity index (χ0v) is 12.4. The molecule has 106 valence electrons. The highest BCUT2D eigenvalue weighted by molar-refractivity contribution is 6.18. The first kappa shape index (κ1) is 13.7. The van der Waals surface area contributed by atoms with Gasteiger partial charge < -0.3 is 9.64 Å². The van der Waals surface area contributed by atoms with Crippen LogP contribution < -0.4 is 4.90 Å². The van der Waals surface area contributed by atoms with E-state index in [4.69, 9.17) is 21.3 Å². The number of anilines is 1. The number of benzene rings is 1. The molecule has 3 rings (SSSR count). The van der Waals surface area contributed by atoms with Gasteiger partial charge in [0.2, 0.25) is 0 Å². The van der Waals surface area contributed by atoms with Gasteiger partial charge in [-0.3, -0.25) is 0 Å². The molecular formula is C16H19ClN2O. The van der Waals surface area contributed by atoms with Crippen molar-refractivity contribution in [1.82, 2.24) is 4.98 Å². The van der Waals surface area contributed by atoms with E-state index in [1.54, 1.807) is 0 Å². The lowest BCUT2D eigenvalue weighted by Crippen LogP contribution is -2.29. The number of hydrogen-bond donors (Lipinski definition) is 0. The predicted octanol–water partition coefficient (Wildman–Crippen LogP) is 3.59. The van der Waals surface area contributed by atoms with Gasteiger partial charge >= 0.3 is 0 Å². The molecule has 0 spiro atoms. The number of halogens is 1. The first-order chi connectivity index (χ1) is 9.78. The van der Waals surface area contributed by atoms with Crippen LogP contribution in [0, 0.1) is 0 Å². The minimum absolute atomic E-state index is 0.327. The van der Waals surface area contributed by atoms with E-state index in [2.05, 4.69) is 24.1 Å². The fourth-order valence-electron chi connectivity index (χ4n) is 2.73. The maximum absolute atomic E-state index is 6.08. The monoisotopic (exact) mass is 290 g/mol. The number of pyridine rings is 1. The molecule has 0 N–H and O–H groups in total. The summed E-state index contributed by atoms with van der Waals surface area (Å²) < 4.78 is 5.69. The van der Waals surface area contributed by atoms with Gasteiger partial charge in [-0.1, -0.05) is 18.2 Å². The number of alkyl halides is 1. The number of ether oxygens (including phenoxy) is 1. The Morgan fingerprint density at radius 3 is 3.00 bits per heavy atom. The molecule has 1 fully saturated rings. The summed E-state index contributed by atoms with van der Waals surface area (Å²) in [6, 6.07) is 10.2. The minimum atomic E-state index is 0.327. The third-order valence-electron chi connectivity index (χ3n) is 3.82. The second kappa shape index (κ2) is 5.98. The molecule has 2 aromatic rings. The van der Waals surface area contributed by atoms with Gasteiger partial charge in [0.05, 0.1) is 11.6 Å². The summed E-state index contributed by atoms with van der Waals surface area (Å²) in [5.41, 5.74) is 2.13. The zero-order chi connectivity index (χ0) is 13.9. The van der Waals surface area contributed by atoms with E-state index in [0.29, 0.717) is 12.0 Å². The molecule has 1 aromatic heterocycles. The maximum atomic E-state index is 6.08. The van der Waals surface area contributed by atoms with Gasteiger partial charge in [0.1, 0.15) is 5.82 Å². The highest BCUT2D eigenvalue weighted by atomic mass is 35.5. The molecule has 1 aromatic carbocycles. The number of para-hydroxylation sites is 1. The number of aromatic nitrogens is 1. The van der Waals surface area contributed by atoms with E-state index < -0.39 is 0 Å². The van der Waals surface area contributed by atoms with E-state index in [-0.39, 0.29) is 0 Å². The molecule has 3 nitrogen and oxygen atoms in total. The molecular weight excluding hydrogens is 272 g/mol. The van der Waals surface area contributed by atoms with Crippen molar-refractivity contribution >= 4 is 28.3 Å². The van der Waals surface area contributed by atoms with Crippen LogP contribution >= 0.6 is 11.6 Å². The fourth-order valence-corrected chi connectivity index (χ4v) is 2.95. The molecule has 0 bridgehead atoms. The highest BCUT2D eigenvalue weighted by Gasteiger charge is 2.18. The van der Waals surface area contributed by atoms with Crippen LogP contribution in [0.1, 0.15) is 18.4 Å². The normalized spacial score (nSPS) is 18.6. The van der Waals surface area contributed by atoms with Gasteiger partial charge in [-0.15, -0.1) is 11.6 Å². The van der Waals surface area contributed by atoms with Crippen LogP contribution in [0.3, 0.4) is 0 Å². The number of likely N-dealkylation sites (N-methyl/N-ethyl adjacent to an activating group) is 1. The van der Waals surface area contributed by atoms with Crippen LogP contribution in [0.2, 0.25) is 0 Å².